The van der Waals surface area contributed by atoms with E-state index in [9.17, 15) is 10.1 Å². The van der Waals surface area contributed by atoms with Gasteiger partial charge in [-0.3, -0.25) is 10.1 Å². The summed E-state index contributed by atoms with van der Waals surface area (Å²) >= 11 is 0. The van der Waals surface area contributed by atoms with Gasteiger partial charge < -0.3 is 10.2 Å². The van der Waals surface area contributed by atoms with Crippen LogP contribution in [0.4, 0.5) is 17.1 Å². The van der Waals surface area contributed by atoms with Crippen LogP contribution in [-0.4, -0.2) is 24.6 Å². The first-order valence-electron chi connectivity index (χ1n) is 7.80. The van der Waals surface area contributed by atoms with E-state index in [4.69, 9.17) is 0 Å². The fourth-order valence-corrected chi connectivity index (χ4v) is 2.93. The molecule has 0 radical (unpaired) electrons. The minimum Gasteiger partial charge on any atom is -0.379 e. The highest BCUT2D eigenvalue weighted by Crippen LogP contribution is 2.38. The van der Waals surface area contributed by atoms with Crippen LogP contribution in [0.3, 0.4) is 0 Å². The average Bonchev–Trinajstić information content (AvgIpc) is 2.94. The highest BCUT2D eigenvalue weighted by atomic mass is 16.6. The molecule has 1 aliphatic heterocycles. The summed E-state index contributed by atoms with van der Waals surface area (Å²) in [5.41, 5.74) is 1.60. The summed E-state index contributed by atoms with van der Waals surface area (Å²) < 4.78 is 0. The lowest BCUT2D eigenvalue weighted by Gasteiger charge is -2.21. The largest absolute Gasteiger partial charge is 0.379 e. The number of nitro benzene ring substituents is 1. The minimum absolute atomic E-state index is 0.218. The van der Waals surface area contributed by atoms with Crippen LogP contribution >= 0.6 is 0 Å². The zero-order valence-corrected chi connectivity index (χ0v) is 13.1. The van der Waals surface area contributed by atoms with Gasteiger partial charge in [-0.2, -0.15) is 0 Å². The molecule has 21 heavy (non-hydrogen) atoms. The number of para-hydroxylation sites is 1. The molecule has 1 atom stereocenters. The zero-order valence-electron chi connectivity index (χ0n) is 13.1. The third kappa shape index (κ3) is 3.46. The highest BCUT2D eigenvalue weighted by Gasteiger charge is 2.30. The number of hydrogen-bond donors (Lipinski definition) is 1. The molecule has 1 fully saturated rings. The van der Waals surface area contributed by atoms with Crippen molar-refractivity contribution in [2.24, 2.45) is 11.8 Å². The van der Waals surface area contributed by atoms with Gasteiger partial charge in [-0.25, -0.2) is 0 Å². The predicted molar refractivity (Wildman–Crippen MR) is 87.0 cm³/mol. The first kappa shape index (κ1) is 15.6. The number of hydrogen-bond acceptors (Lipinski definition) is 4. The number of benzene rings is 1. The van der Waals surface area contributed by atoms with Gasteiger partial charge in [0.25, 0.3) is 0 Å². The molecule has 0 amide bonds. The summed E-state index contributed by atoms with van der Waals surface area (Å²) in [6, 6.07) is 5.58. The van der Waals surface area contributed by atoms with Crippen molar-refractivity contribution in [2.45, 2.75) is 33.6 Å². The lowest BCUT2D eigenvalue weighted by molar-refractivity contribution is -0.383. The summed E-state index contributed by atoms with van der Waals surface area (Å²) in [5.74, 6) is 1.24. The summed E-state index contributed by atoms with van der Waals surface area (Å²) in [5, 5.41) is 14.7. The smallest absolute Gasteiger partial charge is 0.315 e. The highest BCUT2D eigenvalue weighted by molar-refractivity contribution is 5.77. The van der Waals surface area contributed by atoms with E-state index in [0.29, 0.717) is 17.5 Å². The maximum atomic E-state index is 11.5. The number of anilines is 2. The van der Waals surface area contributed by atoms with E-state index in [1.54, 1.807) is 6.07 Å². The molecule has 1 N–H and O–H groups in total. The van der Waals surface area contributed by atoms with Crippen LogP contribution < -0.4 is 10.2 Å². The van der Waals surface area contributed by atoms with Crippen LogP contribution in [0.25, 0.3) is 0 Å². The average molecular weight is 291 g/mol. The second kappa shape index (κ2) is 6.78. The first-order valence-corrected chi connectivity index (χ1v) is 7.80. The van der Waals surface area contributed by atoms with Gasteiger partial charge in [-0.15, -0.1) is 0 Å². The van der Waals surface area contributed by atoms with Crippen molar-refractivity contribution < 1.29 is 4.92 Å². The summed E-state index contributed by atoms with van der Waals surface area (Å²) in [6.45, 7) is 9.07. The molecule has 2 rings (SSSR count). The Bertz CT molecular complexity index is 502. The van der Waals surface area contributed by atoms with Crippen molar-refractivity contribution in [3.63, 3.8) is 0 Å². The van der Waals surface area contributed by atoms with E-state index in [1.165, 1.54) is 0 Å². The van der Waals surface area contributed by atoms with Gasteiger partial charge in [-0.1, -0.05) is 26.8 Å². The third-order valence-electron chi connectivity index (χ3n) is 4.27. The molecule has 0 spiro atoms. The van der Waals surface area contributed by atoms with Crippen molar-refractivity contribution in [2.75, 3.05) is 29.9 Å². The Labute approximate surface area is 126 Å². The number of nitro groups is 1. The van der Waals surface area contributed by atoms with E-state index >= 15 is 0 Å². The topological polar surface area (TPSA) is 58.4 Å². The normalized spacial score (nSPS) is 18.3. The molecule has 1 aromatic rings. The van der Waals surface area contributed by atoms with Crippen molar-refractivity contribution in [3.8, 4) is 0 Å². The lowest BCUT2D eigenvalue weighted by atomic mass is 9.95. The fourth-order valence-electron chi connectivity index (χ4n) is 2.93. The summed E-state index contributed by atoms with van der Waals surface area (Å²) in [6.07, 6.45) is 2.06. The minimum atomic E-state index is -0.254. The fraction of sp³-hybridized carbons (Fsp3) is 0.625. The van der Waals surface area contributed by atoms with E-state index < -0.39 is 0 Å². The summed E-state index contributed by atoms with van der Waals surface area (Å²) in [7, 11) is 0. The van der Waals surface area contributed by atoms with Crippen LogP contribution in [0.15, 0.2) is 18.2 Å². The molecule has 5 nitrogen and oxygen atoms in total. The molecule has 0 aliphatic carbocycles. The van der Waals surface area contributed by atoms with Gasteiger partial charge in [0.15, 0.2) is 0 Å². The van der Waals surface area contributed by atoms with Gasteiger partial charge >= 0.3 is 5.69 Å². The van der Waals surface area contributed by atoms with Gasteiger partial charge in [0.05, 0.1) is 4.92 Å². The maximum absolute atomic E-state index is 11.5. The maximum Gasteiger partial charge on any atom is 0.315 e. The molecule has 1 unspecified atom stereocenters. The Morgan fingerprint density at radius 1 is 1.48 bits per heavy atom. The number of nitrogens with zero attached hydrogens (tertiary/aromatic N) is 2. The zero-order chi connectivity index (χ0) is 15.4. The van der Waals surface area contributed by atoms with Gasteiger partial charge in [-0.05, 0) is 36.8 Å². The van der Waals surface area contributed by atoms with Crippen molar-refractivity contribution in [3.05, 3.63) is 28.3 Å². The molecule has 0 saturated carbocycles. The van der Waals surface area contributed by atoms with Crippen molar-refractivity contribution in [1.82, 2.24) is 0 Å². The van der Waals surface area contributed by atoms with Crippen LogP contribution in [0, 0.1) is 22.0 Å². The Balaban J connectivity index is 2.29. The Kier molecular flexibility index (Phi) is 5.04. The third-order valence-corrected chi connectivity index (χ3v) is 4.27. The van der Waals surface area contributed by atoms with Crippen LogP contribution in [0.5, 0.6) is 0 Å². The van der Waals surface area contributed by atoms with Crippen LogP contribution in [-0.2, 0) is 0 Å². The standard InChI is InChI=1S/C16H25N3O2/c1-4-9-17-14-6-5-7-15(16(14)19(20)21)18-10-8-13(11-18)12(2)3/h5-7,12-13,17H,4,8-11H2,1-3H3. The predicted octanol–water partition coefficient (Wildman–Crippen LogP) is 3.90. The van der Waals surface area contributed by atoms with Gasteiger partial charge in [0.2, 0.25) is 0 Å². The number of rotatable bonds is 6. The molecule has 116 valence electrons. The quantitative estimate of drug-likeness (QED) is 0.638. The molecule has 0 aromatic heterocycles. The van der Waals surface area contributed by atoms with E-state index in [-0.39, 0.29) is 10.6 Å². The summed E-state index contributed by atoms with van der Waals surface area (Å²) in [4.78, 5) is 13.4. The Morgan fingerprint density at radius 3 is 2.81 bits per heavy atom. The monoisotopic (exact) mass is 291 g/mol. The van der Waals surface area contributed by atoms with E-state index in [2.05, 4.69) is 31.0 Å². The molecular formula is C16H25N3O2. The second-order valence-electron chi connectivity index (χ2n) is 6.10. The Morgan fingerprint density at radius 2 is 2.24 bits per heavy atom. The van der Waals surface area contributed by atoms with Crippen molar-refractivity contribution in [1.29, 1.82) is 0 Å². The molecular weight excluding hydrogens is 266 g/mol. The second-order valence-corrected chi connectivity index (χ2v) is 6.10. The SMILES string of the molecule is CCCNc1cccc(N2CCC(C(C)C)C2)c1[N+](=O)[O-]. The van der Waals surface area contributed by atoms with E-state index in [0.717, 1.165) is 38.2 Å². The van der Waals surface area contributed by atoms with Crippen LogP contribution in [0.1, 0.15) is 33.6 Å². The molecule has 1 saturated heterocycles. The van der Waals surface area contributed by atoms with E-state index in [1.807, 2.05) is 12.1 Å². The number of nitrogens with one attached hydrogen (secondary N) is 1. The van der Waals surface area contributed by atoms with Gasteiger partial charge in [0.1, 0.15) is 11.4 Å². The van der Waals surface area contributed by atoms with Crippen molar-refractivity contribution >= 4 is 17.1 Å². The Hall–Kier alpha value is -1.78. The molecule has 1 aliphatic rings. The lowest BCUT2D eigenvalue weighted by Crippen LogP contribution is -2.22. The molecule has 0 bridgehead atoms. The van der Waals surface area contributed by atoms with Crippen LogP contribution in [0.2, 0.25) is 0 Å². The molecule has 5 heteroatoms. The van der Waals surface area contributed by atoms with Gasteiger partial charge in [0, 0.05) is 19.6 Å². The molecule has 1 heterocycles. The first-order chi connectivity index (χ1) is 10.0. The molecule has 1 aromatic carbocycles.